The molecule has 176 valence electrons. The number of nitrogens with one attached hydrogen (secondary N) is 1. The number of carbonyl (C=O) groups is 2. The molecule has 1 aliphatic rings. The van der Waals surface area contributed by atoms with E-state index in [1.54, 1.807) is 25.1 Å². The third kappa shape index (κ3) is 9.01. The van der Waals surface area contributed by atoms with Gasteiger partial charge in [-0.3, -0.25) is 14.5 Å². The summed E-state index contributed by atoms with van der Waals surface area (Å²) in [7, 11) is 0. The maximum Gasteiger partial charge on any atom is 0.271 e. The highest BCUT2D eigenvalue weighted by atomic mass is 35.5. The van der Waals surface area contributed by atoms with Gasteiger partial charge in [-0.2, -0.15) is 0 Å². The Morgan fingerprint density at radius 1 is 1.28 bits per heavy atom. The molecule has 1 saturated heterocycles. The lowest BCUT2D eigenvalue weighted by Crippen LogP contribution is -2.36. The van der Waals surface area contributed by atoms with Crippen molar-refractivity contribution in [3.63, 3.8) is 0 Å². The van der Waals surface area contributed by atoms with Crippen molar-refractivity contribution in [2.45, 2.75) is 59.9 Å². The second-order valence-corrected chi connectivity index (χ2v) is 8.23. The molecule has 0 aliphatic carbocycles. The first-order chi connectivity index (χ1) is 15.2. The predicted octanol–water partition coefficient (Wildman–Crippen LogP) is 6.04. The van der Waals surface area contributed by atoms with E-state index in [4.69, 9.17) is 11.6 Å². The van der Waals surface area contributed by atoms with Crippen molar-refractivity contribution >= 4 is 29.0 Å². The van der Waals surface area contributed by atoms with Crippen LogP contribution in [0.4, 0.5) is 5.69 Å². The molecule has 32 heavy (non-hydrogen) atoms. The number of hydrogen-bond acceptors (Lipinski definition) is 4. The summed E-state index contributed by atoms with van der Waals surface area (Å²) in [5.74, 6) is -0.0361. The summed E-state index contributed by atoms with van der Waals surface area (Å²) < 4.78 is 0. The molecule has 1 amide bonds. The zero-order valence-electron chi connectivity index (χ0n) is 20.2. The number of benzene rings is 1. The molecule has 1 fully saturated rings. The Balaban J connectivity index is 0.000000425. The van der Waals surface area contributed by atoms with Gasteiger partial charge in [0.15, 0.2) is 5.78 Å². The molecule has 0 aromatic heterocycles. The molecule has 5 nitrogen and oxygen atoms in total. The lowest BCUT2D eigenvalue weighted by atomic mass is 10.1. The van der Waals surface area contributed by atoms with Gasteiger partial charge in [-0.15, -0.1) is 0 Å². The summed E-state index contributed by atoms with van der Waals surface area (Å²) in [6, 6.07) is 7.42. The van der Waals surface area contributed by atoms with Crippen LogP contribution in [0.25, 0.3) is 0 Å². The maximum atomic E-state index is 12.7. The molecule has 2 rings (SSSR count). The number of anilines is 1. The SMILES string of the molecule is C=C(CC)N(/C(=C\C)C(=O)Nc1ccccc1Cl)[C@@H](C)CC.CC(=O)/C=C/CN1CCC1. The number of halogens is 1. The molecule has 0 saturated carbocycles. The summed E-state index contributed by atoms with van der Waals surface area (Å²) in [6.07, 6.45) is 8.42. The maximum absolute atomic E-state index is 12.7. The lowest BCUT2D eigenvalue weighted by molar-refractivity contribution is -0.114. The number of rotatable bonds is 10. The van der Waals surface area contributed by atoms with Crippen LogP contribution in [0.2, 0.25) is 5.02 Å². The molecule has 0 spiro atoms. The monoisotopic (exact) mass is 459 g/mol. The van der Waals surface area contributed by atoms with Crippen molar-refractivity contribution in [1.29, 1.82) is 0 Å². The van der Waals surface area contributed by atoms with Gasteiger partial charge in [-0.1, -0.05) is 56.3 Å². The molecule has 1 heterocycles. The highest BCUT2D eigenvalue weighted by Crippen LogP contribution is 2.24. The second kappa shape index (κ2) is 14.6. The van der Waals surface area contributed by atoms with Crippen LogP contribution in [0.5, 0.6) is 0 Å². The molecule has 1 atom stereocenters. The number of amides is 1. The van der Waals surface area contributed by atoms with Gasteiger partial charge in [0, 0.05) is 18.3 Å². The van der Waals surface area contributed by atoms with Crippen LogP contribution < -0.4 is 5.32 Å². The van der Waals surface area contributed by atoms with Gasteiger partial charge in [0.2, 0.25) is 0 Å². The van der Waals surface area contributed by atoms with E-state index in [1.165, 1.54) is 19.5 Å². The highest BCUT2D eigenvalue weighted by Gasteiger charge is 2.23. The van der Waals surface area contributed by atoms with Crippen molar-refractivity contribution in [3.8, 4) is 0 Å². The van der Waals surface area contributed by atoms with Gasteiger partial charge in [0.05, 0.1) is 10.7 Å². The minimum Gasteiger partial charge on any atom is -0.339 e. The van der Waals surface area contributed by atoms with E-state index in [0.29, 0.717) is 16.4 Å². The number of hydrogen-bond donors (Lipinski definition) is 1. The Bertz CT molecular complexity index is 828. The molecule has 1 aliphatic heterocycles. The van der Waals surface area contributed by atoms with Crippen LogP contribution in [-0.4, -0.2) is 47.2 Å². The quantitative estimate of drug-likeness (QED) is 0.433. The molecular formula is C26H38ClN3O2. The molecule has 1 N–H and O–H groups in total. The molecular weight excluding hydrogens is 422 g/mol. The van der Waals surface area contributed by atoms with E-state index < -0.39 is 0 Å². The van der Waals surface area contributed by atoms with Crippen LogP contribution in [-0.2, 0) is 9.59 Å². The van der Waals surface area contributed by atoms with Crippen molar-refractivity contribution < 1.29 is 9.59 Å². The first-order valence-electron chi connectivity index (χ1n) is 11.3. The molecule has 6 heteroatoms. The third-order valence-electron chi connectivity index (χ3n) is 5.33. The number of allylic oxidation sites excluding steroid dienone is 3. The average molecular weight is 460 g/mol. The normalized spacial score (nSPS) is 14.8. The fourth-order valence-electron chi connectivity index (χ4n) is 3.13. The zero-order valence-corrected chi connectivity index (χ0v) is 20.9. The summed E-state index contributed by atoms with van der Waals surface area (Å²) in [6.45, 7) is 17.1. The standard InChI is InChI=1S/C18H25ClN2O.C8H13NO/c1-6-13(4)21(14(5)7-2)17(8-3)18(22)20-16-12-10-9-11-15(16)19;1-8(10)4-2-5-9-6-3-7-9/h8-12,14H,4,6-7H2,1-3,5H3,(H,20,22);2,4H,3,5-7H2,1H3/b17-8-;4-2+/t14-;/m0./s1. The van der Waals surface area contributed by atoms with Crippen molar-refractivity contribution in [2.75, 3.05) is 25.0 Å². The fraction of sp³-hybridized carbons (Fsp3) is 0.462. The summed E-state index contributed by atoms with van der Waals surface area (Å²) in [5.41, 5.74) is 2.14. The van der Waals surface area contributed by atoms with Gasteiger partial charge in [-0.25, -0.2) is 0 Å². The molecule has 1 aromatic carbocycles. The smallest absolute Gasteiger partial charge is 0.271 e. The number of para-hydroxylation sites is 1. The summed E-state index contributed by atoms with van der Waals surface area (Å²) >= 11 is 6.11. The van der Waals surface area contributed by atoms with Gasteiger partial charge < -0.3 is 10.2 Å². The molecule has 1 aromatic rings. The first-order valence-corrected chi connectivity index (χ1v) is 11.7. The van der Waals surface area contributed by atoms with Crippen LogP contribution >= 0.6 is 11.6 Å². The van der Waals surface area contributed by atoms with Crippen molar-refractivity contribution in [1.82, 2.24) is 9.80 Å². The average Bonchev–Trinajstić information content (AvgIpc) is 2.74. The van der Waals surface area contributed by atoms with Gasteiger partial charge in [0.25, 0.3) is 5.91 Å². The summed E-state index contributed by atoms with van der Waals surface area (Å²) in [4.78, 5) is 27.4. The van der Waals surface area contributed by atoms with E-state index in [1.807, 2.05) is 43.0 Å². The predicted molar refractivity (Wildman–Crippen MR) is 136 cm³/mol. The number of carbonyl (C=O) groups excluding carboxylic acids is 2. The van der Waals surface area contributed by atoms with Gasteiger partial charge >= 0.3 is 0 Å². The van der Waals surface area contributed by atoms with Crippen LogP contribution in [0, 0.1) is 0 Å². The van der Waals surface area contributed by atoms with Gasteiger partial charge in [0.1, 0.15) is 5.70 Å². The number of nitrogens with zero attached hydrogens (tertiary/aromatic N) is 2. The summed E-state index contributed by atoms with van der Waals surface area (Å²) in [5, 5.41) is 3.40. The van der Waals surface area contributed by atoms with E-state index in [9.17, 15) is 9.59 Å². The highest BCUT2D eigenvalue weighted by molar-refractivity contribution is 6.33. The first kappa shape index (κ1) is 27.7. The second-order valence-electron chi connectivity index (χ2n) is 7.82. The van der Waals surface area contributed by atoms with Gasteiger partial charge in [-0.05, 0) is 71.3 Å². The molecule has 0 radical (unpaired) electrons. The van der Waals surface area contributed by atoms with E-state index in [-0.39, 0.29) is 17.7 Å². The van der Waals surface area contributed by atoms with E-state index >= 15 is 0 Å². The topological polar surface area (TPSA) is 52.7 Å². The Hall–Kier alpha value is -2.37. The van der Waals surface area contributed by atoms with Crippen LogP contribution in [0.1, 0.15) is 53.9 Å². The minimum absolute atomic E-state index is 0.139. The Labute approximate surface area is 198 Å². The Morgan fingerprint density at radius 3 is 2.41 bits per heavy atom. The Kier molecular flexibility index (Phi) is 12.7. The van der Waals surface area contributed by atoms with Crippen molar-refractivity contribution in [3.05, 3.63) is 65.5 Å². The van der Waals surface area contributed by atoms with E-state index in [0.717, 1.165) is 25.1 Å². The van der Waals surface area contributed by atoms with E-state index in [2.05, 4.69) is 30.6 Å². The Morgan fingerprint density at radius 2 is 1.94 bits per heavy atom. The number of ketones is 1. The lowest BCUT2D eigenvalue weighted by Gasteiger charge is -2.33. The fourth-order valence-corrected chi connectivity index (χ4v) is 3.32. The van der Waals surface area contributed by atoms with Crippen LogP contribution in [0.3, 0.4) is 0 Å². The molecule has 0 bridgehead atoms. The zero-order chi connectivity index (χ0) is 24.1. The number of likely N-dealkylation sites (tertiary alicyclic amines) is 1. The minimum atomic E-state index is -0.175. The van der Waals surface area contributed by atoms with Crippen molar-refractivity contribution in [2.24, 2.45) is 0 Å². The molecule has 0 unspecified atom stereocenters. The third-order valence-corrected chi connectivity index (χ3v) is 5.66. The van der Waals surface area contributed by atoms with Crippen LogP contribution in [0.15, 0.2) is 60.5 Å². The largest absolute Gasteiger partial charge is 0.339 e.